The maximum atomic E-state index is 14.8. The van der Waals surface area contributed by atoms with E-state index in [0.717, 1.165) is 32.1 Å². The van der Waals surface area contributed by atoms with Crippen LogP contribution in [0.25, 0.3) is 0 Å². The van der Waals surface area contributed by atoms with E-state index in [1.807, 2.05) is 13.0 Å². The lowest BCUT2D eigenvalue weighted by atomic mass is 9.43. The highest BCUT2D eigenvalue weighted by molar-refractivity contribution is 6.00. The standard InChI is InChI=1S/C66H106N4O16/c1-41(42(2)53(75)54(82-46(6)72)44(4)52-49(81-45(5)71)37-64(20)50-26-25-47-43(3)48(73)27-28-65(47)40-66(50,65)30-29-63(52,64)19)39-80-51(74)38-70(58(79)86-62(16,17)18)36-24-35-69(57(78)85-61(13,14)15)33-22-21-32-68(56(77)84-60(10,11)12)34-23-31-67-55(76)83-59(7,8)9/h27-28,41,43-44,47,49-50,52,54H,2,21-26,29-40H2,1,3-20H3,(H,67,76)/t41-,43-,44-,47?,49-,50?,52-,54+,63+,64-,65+,66-/m0/s1. The van der Waals surface area contributed by atoms with Crippen LogP contribution in [0, 0.1) is 57.2 Å². The van der Waals surface area contributed by atoms with E-state index in [2.05, 4.69) is 38.7 Å². The molecule has 0 aromatic rings. The smallest absolute Gasteiger partial charge is 0.410 e. The number of carbonyl (C=O) groups excluding carboxylic acids is 9. The van der Waals surface area contributed by atoms with Crippen molar-refractivity contribution in [3.63, 3.8) is 0 Å². The molecule has 4 fully saturated rings. The fourth-order valence-electron chi connectivity index (χ4n) is 15.0. The zero-order valence-electron chi connectivity index (χ0n) is 55.6. The Bertz CT molecular complexity index is 2550. The maximum absolute atomic E-state index is 14.8. The predicted octanol–water partition coefficient (Wildman–Crippen LogP) is 11.6. The van der Waals surface area contributed by atoms with E-state index >= 15 is 0 Å². The predicted molar refractivity (Wildman–Crippen MR) is 323 cm³/mol. The fraction of sp³-hybridized carbons (Fsp3) is 0.803. The topological polar surface area (TPSA) is 240 Å². The summed E-state index contributed by atoms with van der Waals surface area (Å²) in [6, 6.07) is 0. The van der Waals surface area contributed by atoms with Crippen LogP contribution in [0.1, 0.15) is 196 Å². The third-order valence-corrected chi connectivity index (χ3v) is 18.9. The molecule has 0 radical (unpaired) electrons. The summed E-state index contributed by atoms with van der Waals surface area (Å²) in [4.78, 5) is 125. The molecule has 0 bridgehead atoms. The van der Waals surface area contributed by atoms with E-state index in [4.69, 9.17) is 33.2 Å². The van der Waals surface area contributed by atoms with E-state index in [-0.39, 0.29) is 84.6 Å². The fourth-order valence-corrected chi connectivity index (χ4v) is 15.0. The van der Waals surface area contributed by atoms with Crippen LogP contribution in [0.3, 0.4) is 0 Å². The van der Waals surface area contributed by atoms with Crippen LogP contribution in [0.5, 0.6) is 0 Å². The number of nitrogens with one attached hydrogen (secondary N) is 1. The molecule has 2 unspecified atom stereocenters. The van der Waals surface area contributed by atoms with Gasteiger partial charge in [0.1, 0.15) is 35.1 Å². The van der Waals surface area contributed by atoms with Crippen molar-refractivity contribution in [1.29, 1.82) is 0 Å². The Labute approximate surface area is 512 Å². The lowest BCUT2D eigenvalue weighted by Crippen LogP contribution is -2.56. The number of esters is 3. The normalized spacial score (nSPS) is 27.6. The second kappa shape index (κ2) is 27.4. The molecule has 0 aromatic heterocycles. The number of rotatable bonds is 24. The van der Waals surface area contributed by atoms with Gasteiger partial charge in [-0.05, 0) is 192 Å². The van der Waals surface area contributed by atoms with E-state index in [9.17, 15) is 43.2 Å². The molecule has 5 rings (SSSR count). The van der Waals surface area contributed by atoms with Gasteiger partial charge in [-0.15, -0.1) is 0 Å². The summed E-state index contributed by atoms with van der Waals surface area (Å²) in [7, 11) is 0. The molecule has 20 nitrogen and oxygen atoms in total. The second-order valence-corrected chi connectivity index (χ2v) is 29.9. The Morgan fingerprint density at radius 1 is 0.686 bits per heavy atom. The van der Waals surface area contributed by atoms with Gasteiger partial charge < -0.3 is 48.3 Å². The molecule has 4 saturated carbocycles. The van der Waals surface area contributed by atoms with Crippen LogP contribution in [0.15, 0.2) is 24.3 Å². The number of ether oxygens (including phenoxy) is 7. The molecule has 0 saturated heterocycles. The van der Waals surface area contributed by atoms with Crippen LogP contribution in [-0.4, -0.2) is 156 Å². The maximum Gasteiger partial charge on any atom is 0.410 e. The van der Waals surface area contributed by atoms with E-state index in [1.165, 1.54) is 23.6 Å². The number of alkyl carbamates (subject to hydrolysis) is 1. The van der Waals surface area contributed by atoms with Crippen molar-refractivity contribution in [2.45, 2.75) is 230 Å². The number of hydrogen-bond donors (Lipinski definition) is 1. The van der Waals surface area contributed by atoms with Gasteiger partial charge in [-0.3, -0.25) is 28.9 Å². The van der Waals surface area contributed by atoms with Gasteiger partial charge in [-0.1, -0.05) is 47.3 Å². The van der Waals surface area contributed by atoms with Crippen molar-refractivity contribution in [3.05, 3.63) is 24.3 Å². The lowest BCUT2D eigenvalue weighted by molar-refractivity contribution is -0.166. The summed E-state index contributed by atoms with van der Waals surface area (Å²) >= 11 is 0. The highest BCUT2D eigenvalue weighted by Gasteiger charge is 2.82. The average molecular weight is 1210 g/mol. The molecule has 12 atom stereocenters. The molecule has 5 aliphatic carbocycles. The zero-order chi connectivity index (χ0) is 64.9. The van der Waals surface area contributed by atoms with Gasteiger partial charge in [0, 0.05) is 76.8 Å². The quantitative estimate of drug-likeness (QED) is 0.0409. The SMILES string of the molecule is C=C(C(=O)[C@H](OC(C)=O)[C@@H](C)[C@H]1[C@@H](OC(C)=O)C[C@@]2(C)C3CCC4[C@H](C)C(=O)C=C[C@@]45C[C@@]35CC[C@]12C)[C@@H](C)COC(=O)CN(CCCN(CCCCN(CCCNC(=O)OC(C)(C)C)C(=O)OC(C)(C)C)C(=O)OC(C)(C)C)C(=O)OC(C)(C)C. The first-order chi connectivity index (χ1) is 39.5. The Balaban J connectivity index is 1.24. The van der Waals surface area contributed by atoms with E-state index < -0.39 is 106 Å². The number of fused-ring (bicyclic) bond motifs is 2. The van der Waals surface area contributed by atoms with Crippen molar-refractivity contribution in [2.24, 2.45) is 57.2 Å². The molecule has 20 heteroatoms. The Kier molecular flexibility index (Phi) is 22.6. The number of hydrogen-bond acceptors (Lipinski definition) is 16. The minimum absolute atomic E-state index is 0.0242. The first-order valence-corrected chi connectivity index (χ1v) is 31.4. The van der Waals surface area contributed by atoms with Gasteiger partial charge in [0.15, 0.2) is 17.7 Å². The van der Waals surface area contributed by atoms with Crippen LogP contribution in [0.2, 0.25) is 0 Å². The minimum atomic E-state index is -1.30. The van der Waals surface area contributed by atoms with Crippen LogP contribution in [0.4, 0.5) is 19.2 Å². The summed E-state index contributed by atoms with van der Waals surface area (Å²) < 4.78 is 40.4. The molecular formula is C66H106N4O16. The number of allylic oxidation sites excluding steroid dienone is 2. The molecule has 4 amide bonds. The minimum Gasteiger partial charge on any atom is -0.464 e. The molecular weight excluding hydrogens is 1100 g/mol. The first kappa shape index (κ1) is 71.1. The van der Waals surface area contributed by atoms with E-state index in [1.54, 1.807) is 94.9 Å². The third kappa shape index (κ3) is 17.3. The largest absolute Gasteiger partial charge is 0.464 e. The summed E-state index contributed by atoms with van der Waals surface area (Å²) in [5.41, 5.74) is -3.85. The molecule has 0 aromatic carbocycles. The van der Waals surface area contributed by atoms with Crippen molar-refractivity contribution in [3.8, 4) is 0 Å². The molecule has 1 N–H and O–H groups in total. The average Bonchev–Trinajstić information content (AvgIpc) is 1.47. The zero-order valence-corrected chi connectivity index (χ0v) is 55.6. The summed E-state index contributed by atoms with van der Waals surface area (Å²) in [6.45, 7) is 38.4. The number of nitrogens with zero attached hydrogens (tertiary/aromatic N) is 3. The monoisotopic (exact) mass is 1210 g/mol. The second-order valence-electron chi connectivity index (χ2n) is 29.9. The van der Waals surface area contributed by atoms with Crippen molar-refractivity contribution < 1.29 is 76.3 Å². The van der Waals surface area contributed by atoms with Crippen LogP contribution >= 0.6 is 0 Å². The van der Waals surface area contributed by atoms with Crippen molar-refractivity contribution in [1.82, 2.24) is 20.0 Å². The lowest BCUT2D eigenvalue weighted by Gasteiger charge is -2.61. The molecule has 0 aliphatic heterocycles. The molecule has 86 heavy (non-hydrogen) atoms. The number of amides is 4. The number of unbranched alkanes of at least 4 members (excludes halogenated alkanes) is 1. The van der Waals surface area contributed by atoms with Crippen LogP contribution < -0.4 is 5.32 Å². The van der Waals surface area contributed by atoms with Crippen molar-refractivity contribution in [2.75, 3.05) is 52.4 Å². The van der Waals surface area contributed by atoms with Crippen LogP contribution in [-0.2, 0) is 57.1 Å². The first-order valence-electron chi connectivity index (χ1n) is 31.4. The van der Waals surface area contributed by atoms with Gasteiger partial charge in [-0.25, -0.2) is 19.2 Å². The molecule has 0 heterocycles. The Hall–Kier alpha value is -5.69. The number of Topliss-reactive ketones (excluding diaryl/α,β-unsaturated/α-hetero) is 1. The summed E-state index contributed by atoms with van der Waals surface area (Å²) in [5.74, 6) is -3.44. The third-order valence-electron chi connectivity index (χ3n) is 18.9. The van der Waals surface area contributed by atoms with Gasteiger partial charge in [-0.2, -0.15) is 0 Å². The number of ketones is 2. The van der Waals surface area contributed by atoms with E-state index in [0.29, 0.717) is 44.7 Å². The summed E-state index contributed by atoms with van der Waals surface area (Å²) in [5, 5.41) is 2.71. The Morgan fingerprint density at radius 2 is 1.20 bits per heavy atom. The van der Waals surface area contributed by atoms with Gasteiger partial charge in [0.2, 0.25) is 0 Å². The highest BCUT2D eigenvalue weighted by Crippen LogP contribution is 2.87. The van der Waals surface area contributed by atoms with Gasteiger partial charge in [0.05, 0.1) is 6.61 Å². The molecule has 2 spiro atoms. The molecule has 5 aliphatic rings. The number of carbonyl (C=O) groups is 9. The Morgan fingerprint density at radius 3 is 1.72 bits per heavy atom. The molecule has 486 valence electrons. The van der Waals surface area contributed by atoms with Gasteiger partial charge in [0.25, 0.3) is 0 Å². The highest BCUT2D eigenvalue weighted by atomic mass is 16.6. The summed E-state index contributed by atoms with van der Waals surface area (Å²) in [6.07, 6.45) is 6.53. The van der Waals surface area contributed by atoms with Crippen molar-refractivity contribution >= 4 is 53.8 Å². The van der Waals surface area contributed by atoms with Gasteiger partial charge >= 0.3 is 42.3 Å².